The molecule has 1 aliphatic heterocycles. The van der Waals surface area contributed by atoms with Crippen LogP contribution in [0.5, 0.6) is 5.75 Å². The SMILES string of the molecule is Cl.[2H]C([2H])(N(C)C)C([2H])([2H])N1C(=O)[C@H](OC(C)=O)[C@H](c2ccc(OC)cc2)Sc2ccccc21. The minimum absolute atomic E-state index is 0. The van der Waals surface area contributed by atoms with Crippen molar-refractivity contribution >= 4 is 41.7 Å². The van der Waals surface area contributed by atoms with Gasteiger partial charge in [-0.3, -0.25) is 9.59 Å². The second kappa shape index (κ2) is 10.7. The van der Waals surface area contributed by atoms with Crippen molar-refractivity contribution in [2.24, 2.45) is 0 Å². The van der Waals surface area contributed by atoms with Gasteiger partial charge in [-0.25, -0.2) is 0 Å². The Bertz CT molecular complexity index is 1040. The lowest BCUT2D eigenvalue weighted by Gasteiger charge is -2.28. The molecule has 0 aliphatic carbocycles. The molecule has 1 amide bonds. The van der Waals surface area contributed by atoms with Gasteiger partial charge < -0.3 is 19.3 Å². The maximum Gasteiger partial charge on any atom is 0.303 e. The Kier molecular flexibility index (Phi) is 6.61. The van der Waals surface area contributed by atoms with Gasteiger partial charge in [0, 0.05) is 27.6 Å². The third-order valence-electron chi connectivity index (χ3n) is 4.22. The zero-order chi connectivity index (χ0) is 24.6. The molecule has 3 rings (SSSR count). The lowest BCUT2D eigenvalue weighted by molar-refractivity contribution is -0.152. The number of carbonyl (C=O) groups excluding carboxylic acids is 2. The molecule has 0 saturated carbocycles. The summed E-state index contributed by atoms with van der Waals surface area (Å²) >= 11 is 1.25. The van der Waals surface area contributed by atoms with E-state index in [0.29, 0.717) is 16.2 Å². The molecule has 0 saturated heterocycles. The molecule has 30 heavy (non-hydrogen) atoms. The van der Waals surface area contributed by atoms with Crippen LogP contribution in [-0.4, -0.2) is 57.1 Å². The number of anilines is 1. The van der Waals surface area contributed by atoms with Crippen molar-refractivity contribution in [3.05, 3.63) is 54.1 Å². The quantitative estimate of drug-likeness (QED) is 0.619. The molecular weight excluding hydrogens is 424 g/mol. The number of para-hydroxylation sites is 1. The largest absolute Gasteiger partial charge is 0.497 e. The zero-order valence-corrected chi connectivity index (χ0v) is 18.8. The van der Waals surface area contributed by atoms with E-state index in [1.54, 1.807) is 48.5 Å². The maximum atomic E-state index is 13.9. The van der Waals surface area contributed by atoms with Gasteiger partial charge in [0.05, 0.1) is 20.8 Å². The van der Waals surface area contributed by atoms with Gasteiger partial charge in [0.1, 0.15) is 5.75 Å². The van der Waals surface area contributed by atoms with Crippen LogP contribution in [0, 0.1) is 0 Å². The van der Waals surface area contributed by atoms with E-state index in [-0.39, 0.29) is 18.1 Å². The smallest absolute Gasteiger partial charge is 0.303 e. The Morgan fingerprint density at radius 3 is 2.47 bits per heavy atom. The average molecular weight is 455 g/mol. The molecule has 2 atom stereocenters. The number of carbonyl (C=O) groups is 2. The van der Waals surface area contributed by atoms with E-state index < -0.39 is 36.2 Å². The second-order valence-corrected chi connectivity index (χ2v) is 7.78. The van der Waals surface area contributed by atoms with Crippen molar-refractivity contribution in [1.29, 1.82) is 0 Å². The number of hydrogen-bond donors (Lipinski definition) is 0. The van der Waals surface area contributed by atoms with E-state index in [2.05, 4.69) is 0 Å². The summed E-state index contributed by atoms with van der Waals surface area (Å²) < 4.78 is 44.8. The van der Waals surface area contributed by atoms with E-state index in [0.717, 1.165) is 9.80 Å². The first kappa shape index (κ1) is 18.5. The number of rotatable bonds is 6. The van der Waals surface area contributed by atoms with Gasteiger partial charge in [0.15, 0.2) is 6.10 Å². The van der Waals surface area contributed by atoms with E-state index in [1.165, 1.54) is 39.9 Å². The molecule has 8 heteroatoms. The molecule has 162 valence electrons. The molecule has 0 N–H and O–H groups in total. The molecule has 1 aliphatic rings. The van der Waals surface area contributed by atoms with Crippen LogP contribution >= 0.6 is 24.2 Å². The van der Waals surface area contributed by atoms with E-state index in [4.69, 9.17) is 15.0 Å². The van der Waals surface area contributed by atoms with E-state index in [9.17, 15) is 9.59 Å². The first-order chi connectivity index (χ1) is 15.4. The molecule has 0 bridgehead atoms. The lowest BCUT2D eigenvalue weighted by Crippen LogP contribution is -2.45. The molecule has 1 heterocycles. The van der Waals surface area contributed by atoms with Crippen molar-refractivity contribution in [1.82, 2.24) is 4.90 Å². The lowest BCUT2D eigenvalue weighted by atomic mass is 10.1. The number of benzene rings is 2. The van der Waals surface area contributed by atoms with Crippen molar-refractivity contribution in [3.63, 3.8) is 0 Å². The van der Waals surface area contributed by atoms with Crippen LogP contribution in [0.25, 0.3) is 0 Å². The molecule has 0 aromatic heterocycles. The molecule has 0 spiro atoms. The van der Waals surface area contributed by atoms with Crippen molar-refractivity contribution in [3.8, 4) is 5.75 Å². The number of thioether (sulfide) groups is 1. The Labute approximate surface area is 193 Å². The summed E-state index contributed by atoms with van der Waals surface area (Å²) in [4.78, 5) is 28.2. The minimum atomic E-state index is -2.79. The normalized spacial score (nSPS) is 21.2. The van der Waals surface area contributed by atoms with E-state index >= 15 is 0 Å². The first-order valence-electron chi connectivity index (χ1n) is 11.0. The fourth-order valence-corrected chi connectivity index (χ4v) is 4.21. The Balaban J connectivity index is 0.00000408. The molecular formula is C22H27ClN2O4S. The highest BCUT2D eigenvalue weighted by Gasteiger charge is 2.40. The molecule has 6 nitrogen and oxygen atoms in total. The Morgan fingerprint density at radius 2 is 1.87 bits per heavy atom. The van der Waals surface area contributed by atoms with Crippen LogP contribution in [0.2, 0.25) is 0 Å². The molecule has 0 fully saturated rings. The summed E-state index contributed by atoms with van der Waals surface area (Å²) in [7, 11) is 4.32. The predicted molar refractivity (Wildman–Crippen MR) is 122 cm³/mol. The number of likely N-dealkylation sites (N-methyl/N-ethyl adjacent to an activating group) is 1. The number of nitrogens with zero attached hydrogens (tertiary/aromatic N) is 2. The predicted octanol–water partition coefficient (Wildman–Crippen LogP) is 3.79. The summed E-state index contributed by atoms with van der Waals surface area (Å²) in [5, 5.41) is -0.695. The van der Waals surface area contributed by atoms with Crippen LogP contribution in [0.15, 0.2) is 53.4 Å². The van der Waals surface area contributed by atoms with Gasteiger partial charge in [-0.2, -0.15) is 0 Å². The van der Waals surface area contributed by atoms with Crippen molar-refractivity contribution in [2.45, 2.75) is 23.2 Å². The Hall–Kier alpha value is -2.22. The first-order valence-corrected chi connectivity index (χ1v) is 9.88. The summed E-state index contributed by atoms with van der Waals surface area (Å²) in [5.74, 6) is -0.931. The van der Waals surface area contributed by atoms with Crippen LogP contribution in [0.3, 0.4) is 0 Å². The third kappa shape index (κ3) is 5.47. The summed E-state index contributed by atoms with van der Waals surface area (Å²) in [6.45, 7) is -4.17. The maximum absolute atomic E-state index is 13.9. The molecule has 2 aromatic carbocycles. The highest BCUT2D eigenvalue weighted by atomic mass is 35.5. The summed E-state index contributed by atoms with van der Waals surface area (Å²) in [6, 6.07) is 13.7. The number of halogens is 1. The summed E-state index contributed by atoms with van der Waals surface area (Å²) in [5.41, 5.74) is 0.879. The molecule has 0 unspecified atom stereocenters. The highest BCUT2D eigenvalue weighted by molar-refractivity contribution is 7.99. The van der Waals surface area contributed by atoms with Crippen LogP contribution in [-0.2, 0) is 14.3 Å². The fourth-order valence-electron chi connectivity index (χ4n) is 2.91. The standard InChI is InChI=1S/C22H26N2O4S.ClH/c1-15(25)28-20-21(16-9-11-17(27-4)12-10-16)29-19-8-6-5-7-18(19)24(22(20)26)14-13-23(2)3;/h5-12,20-21H,13-14H2,1-4H3;1H/t20-,21+;/m1./s1/i13D2,14D2;. The molecule has 2 aromatic rings. The monoisotopic (exact) mass is 454 g/mol. The fraction of sp³-hybridized carbons (Fsp3) is 0.364. The van der Waals surface area contributed by atoms with Gasteiger partial charge in [-0.1, -0.05) is 24.3 Å². The third-order valence-corrected chi connectivity index (χ3v) is 5.59. The van der Waals surface area contributed by atoms with Crippen LogP contribution in [0.1, 0.15) is 23.2 Å². The van der Waals surface area contributed by atoms with E-state index in [1.807, 2.05) is 0 Å². The second-order valence-electron chi connectivity index (χ2n) is 6.60. The zero-order valence-electron chi connectivity index (χ0n) is 21.1. The van der Waals surface area contributed by atoms with Crippen molar-refractivity contribution < 1.29 is 24.5 Å². The van der Waals surface area contributed by atoms with Gasteiger partial charge in [-0.15, -0.1) is 24.2 Å². The minimum Gasteiger partial charge on any atom is -0.497 e. The van der Waals surface area contributed by atoms with Crippen LogP contribution in [0.4, 0.5) is 5.69 Å². The van der Waals surface area contributed by atoms with Gasteiger partial charge >= 0.3 is 5.97 Å². The van der Waals surface area contributed by atoms with Gasteiger partial charge in [0.25, 0.3) is 5.91 Å². The number of methoxy groups -OCH3 is 1. The number of ether oxygens (including phenoxy) is 2. The van der Waals surface area contributed by atoms with Crippen molar-refractivity contribution in [2.75, 3.05) is 39.1 Å². The number of hydrogen-bond acceptors (Lipinski definition) is 6. The number of amides is 1. The highest BCUT2D eigenvalue weighted by Crippen LogP contribution is 2.46. The number of fused-ring (bicyclic) bond motifs is 1. The van der Waals surface area contributed by atoms with Gasteiger partial charge in [-0.05, 0) is 43.9 Å². The Morgan fingerprint density at radius 1 is 1.20 bits per heavy atom. The van der Waals surface area contributed by atoms with Crippen LogP contribution < -0.4 is 9.64 Å². The summed E-state index contributed by atoms with van der Waals surface area (Å²) in [6.07, 6.45) is -1.39. The number of esters is 1. The van der Waals surface area contributed by atoms with Gasteiger partial charge in [0.2, 0.25) is 0 Å². The molecule has 0 radical (unpaired) electrons. The average Bonchev–Trinajstić information content (AvgIpc) is 2.88. The topological polar surface area (TPSA) is 59.1 Å².